The summed E-state index contributed by atoms with van der Waals surface area (Å²) in [6, 6.07) is 13.4. The van der Waals surface area contributed by atoms with Crippen molar-refractivity contribution in [3.05, 3.63) is 70.4 Å². The van der Waals surface area contributed by atoms with Gasteiger partial charge in [-0.3, -0.25) is 0 Å². The number of hydrogen-bond donors (Lipinski definition) is 1. The molecule has 2 aromatic carbocycles. The molecule has 2 heterocycles. The topological polar surface area (TPSA) is 59.9 Å². The van der Waals surface area contributed by atoms with Crippen LogP contribution in [0.15, 0.2) is 59.7 Å². The molecule has 0 unspecified atom stereocenters. The summed E-state index contributed by atoms with van der Waals surface area (Å²) in [7, 11) is 0. The van der Waals surface area contributed by atoms with E-state index in [1.54, 1.807) is 5.51 Å². The number of ether oxygens (including phenoxy) is 1. The minimum absolute atomic E-state index is 0.395. The van der Waals surface area contributed by atoms with E-state index >= 15 is 0 Å². The van der Waals surface area contributed by atoms with Crippen molar-refractivity contribution in [2.75, 3.05) is 5.32 Å². The molecule has 1 N–H and O–H groups in total. The van der Waals surface area contributed by atoms with Crippen molar-refractivity contribution in [1.82, 2.24) is 15.0 Å². The maximum Gasteiger partial charge on any atom is 0.141 e. The molecule has 0 amide bonds. The Kier molecular flexibility index (Phi) is 4.45. The van der Waals surface area contributed by atoms with Gasteiger partial charge < -0.3 is 10.1 Å². The number of nitrogens with zero attached hydrogens (tertiary/aromatic N) is 3. The first-order valence-electron chi connectivity index (χ1n) is 7.56. The number of hydrogen-bond acceptors (Lipinski definition) is 6. The summed E-state index contributed by atoms with van der Waals surface area (Å²) in [5.74, 6) is 1.35. The van der Waals surface area contributed by atoms with E-state index in [0.717, 1.165) is 28.1 Å². The molecule has 5 nitrogen and oxygen atoms in total. The van der Waals surface area contributed by atoms with Gasteiger partial charge in [-0.1, -0.05) is 23.7 Å². The van der Waals surface area contributed by atoms with E-state index in [9.17, 15) is 0 Å². The van der Waals surface area contributed by atoms with E-state index in [0.29, 0.717) is 17.4 Å². The average molecular weight is 369 g/mol. The lowest BCUT2D eigenvalue weighted by Crippen LogP contribution is -1.98. The Bertz CT molecular complexity index is 1000. The molecule has 7 heteroatoms. The predicted molar refractivity (Wildman–Crippen MR) is 101 cm³/mol. The Morgan fingerprint density at radius 1 is 1.08 bits per heavy atom. The number of thiazole rings is 1. The summed E-state index contributed by atoms with van der Waals surface area (Å²) in [6.45, 7) is 0.395. The number of rotatable bonds is 5. The lowest BCUT2D eigenvalue weighted by atomic mass is 10.2. The Labute approximate surface area is 153 Å². The van der Waals surface area contributed by atoms with Crippen molar-refractivity contribution in [1.29, 1.82) is 0 Å². The maximum absolute atomic E-state index is 6.34. The molecule has 0 aliphatic rings. The van der Waals surface area contributed by atoms with E-state index in [2.05, 4.69) is 20.3 Å². The third-order valence-electron chi connectivity index (χ3n) is 3.60. The van der Waals surface area contributed by atoms with Crippen LogP contribution < -0.4 is 10.1 Å². The number of halogens is 1. The number of aromatic nitrogens is 3. The van der Waals surface area contributed by atoms with Crippen LogP contribution in [0.25, 0.3) is 10.9 Å². The fourth-order valence-electron chi connectivity index (χ4n) is 2.40. The van der Waals surface area contributed by atoms with E-state index in [-0.39, 0.29) is 0 Å². The van der Waals surface area contributed by atoms with Gasteiger partial charge in [0.05, 0.1) is 21.7 Å². The van der Waals surface area contributed by atoms with Crippen molar-refractivity contribution in [3.8, 4) is 5.75 Å². The number of nitrogens with one attached hydrogen (secondary N) is 1. The second-order valence-electron chi connectivity index (χ2n) is 5.28. The van der Waals surface area contributed by atoms with Gasteiger partial charge in [0.2, 0.25) is 0 Å². The molecule has 0 saturated heterocycles. The van der Waals surface area contributed by atoms with Crippen molar-refractivity contribution in [2.45, 2.75) is 6.61 Å². The number of benzene rings is 2. The van der Waals surface area contributed by atoms with Gasteiger partial charge in [0.1, 0.15) is 24.5 Å². The zero-order chi connectivity index (χ0) is 17.1. The Morgan fingerprint density at radius 2 is 2.00 bits per heavy atom. The number of anilines is 2. The molecule has 25 heavy (non-hydrogen) atoms. The van der Waals surface area contributed by atoms with E-state index in [4.69, 9.17) is 16.3 Å². The molecule has 4 rings (SSSR count). The van der Waals surface area contributed by atoms with Gasteiger partial charge in [-0.2, -0.15) is 0 Å². The Morgan fingerprint density at radius 3 is 2.84 bits per heavy atom. The molecule has 124 valence electrons. The summed E-state index contributed by atoms with van der Waals surface area (Å²) in [4.78, 5) is 12.8. The SMILES string of the molecule is Clc1cc(Nc2ncnc3ccccc23)ccc1OCc1cscn1. The van der Waals surface area contributed by atoms with E-state index in [1.165, 1.54) is 17.7 Å². The Balaban J connectivity index is 1.54. The first-order chi connectivity index (χ1) is 12.3. The Hall–Kier alpha value is -2.70. The molecule has 0 aliphatic carbocycles. The quantitative estimate of drug-likeness (QED) is 0.533. The smallest absolute Gasteiger partial charge is 0.141 e. The molecular formula is C18H13ClN4OS. The van der Waals surface area contributed by atoms with Crippen LogP contribution >= 0.6 is 22.9 Å². The third-order valence-corrected chi connectivity index (χ3v) is 4.53. The molecule has 0 fully saturated rings. The number of para-hydroxylation sites is 1. The van der Waals surface area contributed by atoms with Crippen molar-refractivity contribution in [2.24, 2.45) is 0 Å². The number of fused-ring (bicyclic) bond motifs is 1. The van der Waals surface area contributed by atoms with Gasteiger partial charge in [0.15, 0.2) is 0 Å². The zero-order valence-electron chi connectivity index (χ0n) is 13.0. The molecule has 0 saturated carbocycles. The first kappa shape index (κ1) is 15.8. The van der Waals surface area contributed by atoms with Crippen molar-refractivity contribution >= 4 is 45.3 Å². The minimum Gasteiger partial charge on any atom is -0.486 e. The molecule has 0 atom stereocenters. The highest BCUT2D eigenvalue weighted by atomic mass is 35.5. The van der Waals surface area contributed by atoms with Crippen LogP contribution in [0.1, 0.15) is 5.69 Å². The first-order valence-corrected chi connectivity index (χ1v) is 8.88. The van der Waals surface area contributed by atoms with Crippen molar-refractivity contribution in [3.63, 3.8) is 0 Å². The second-order valence-corrected chi connectivity index (χ2v) is 6.40. The van der Waals surface area contributed by atoms with Gasteiger partial charge >= 0.3 is 0 Å². The molecule has 4 aromatic rings. The zero-order valence-corrected chi connectivity index (χ0v) is 14.6. The second kappa shape index (κ2) is 7.04. The van der Waals surface area contributed by atoms with Crippen LogP contribution in [0.2, 0.25) is 5.02 Å². The van der Waals surface area contributed by atoms with Crippen LogP contribution in [-0.2, 0) is 6.61 Å². The third kappa shape index (κ3) is 3.55. The molecule has 2 aromatic heterocycles. The van der Waals surface area contributed by atoms with Crippen LogP contribution in [0.4, 0.5) is 11.5 Å². The summed E-state index contributed by atoms with van der Waals surface area (Å²) in [5.41, 5.74) is 4.37. The standard InChI is InChI=1S/C18H13ClN4OS/c19-15-7-12(5-6-17(15)24-8-13-9-25-11-22-13)23-18-14-3-1-2-4-16(14)20-10-21-18/h1-7,9-11H,8H2,(H,20,21,23). The molecule has 0 aliphatic heterocycles. The minimum atomic E-state index is 0.395. The summed E-state index contributed by atoms with van der Waals surface area (Å²) >= 11 is 7.88. The van der Waals surface area contributed by atoms with Crippen LogP contribution in [-0.4, -0.2) is 15.0 Å². The van der Waals surface area contributed by atoms with Gasteiger partial charge in [-0.25, -0.2) is 15.0 Å². The summed E-state index contributed by atoms with van der Waals surface area (Å²) in [6.07, 6.45) is 1.54. The van der Waals surface area contributed by atoms with Crippen LogP contribution in [0.5, 0.6) is 5.75 Å². The predicted octanol–water partition coefficient (Wildman–Crippen LogP) is 5.06. The van der Waals surface area contributed by atoms with Gasteiger partial charge in [-0.15, -0.1) is 11.3 Å². The van der Waals surface area contributed by atoms with Crippen molar-refractivity contribution < 1.29 is 4.74 Å². The lowest BCUT2D eigenvalue weighted by molar-refractivity contribution is 0.302. The highest BCUT2D eigenvalue weighted by Crippen LogP contribution is 2.30. The fraction of sp³-hybridized carbons (Fsp3) is 0.0556. The van der Waals surface area contributed by atoms with Crippen LogP contribution in [0.3, 0.4) is 0 Å². The van der Waals surface area contributed by atoms with Gasteiger partial charge in [0, 0.05) is 16.5 Å². The molecule has 0 bridgehead atoms. The highest BCUT2D eigenvalue weighted by Gasteiger charge is 2.07. The van der Waals surface area contributed by atoms with E-state index in [1.807, 2.05) is 47.8 Å². The van der Waals surface area contributed by atoms with Gasteiger partial charge in [-0.05, 0) is 30.3 Å². The molecular weight excluding hydrogens is 356 g/mol. The monoisotopic (exact) mass is 368 g/mol. The average Bonchev–Trinajstić information content (AvgIpc) is 3.15. The van der Waals surface area contributed by atoms with Gasteiger partial charge in [0.25, 0.3) is 0 Å². The maximum atomic E-state index is 6.34. The lowest BCUT2D eigenvalue weighted by Gasteiger charge is -2.11. The largest absolute Gasteiger partial charge is 0.486 e. The summed E-state index contributed by atoms with van der Waals surface area (Å²) in [5, 5.41) is 6.71. The molecule has 0 radical (unpaired) electrons. The normalized spacial score (nSPS) is 10.8. The molecule has 0 spiro atoms. The fourth-order valence-corrected chi connectivity index (χ4v) is 3.18. The van der Waals surface area contributed by atoms with Crippen LogP contribution in [0, 0.1) is 0 Å². The summed E-state index contributed by atoms with van der Waals surface area (Å²) < 4.78 is 5.72. The highest BCUT2D eigenvalue weighted by molar-refractivity contribution is 7.07. The van der Waals surface area contributed by atoms with E-state index < -0.39 is 0 Å².